The van der Waals surface area contributed by atoms with Crippen LogP contribution in [0.4, 0.5) is 5.82 Å². The zero-order valence-electron chi connectivity index (χ0n) is 8.52. The van der Waals surface area contributed by atoms with Gasteiger partial charge in [-0.1, -0.05) is 0 Å². The van der Waals surface area contributed by atoms with Crippen LogP contribution < -0.4 is 10.6 Å². The highest BCUT2D eigenvalue weighted by atomic mass is 16.1. The van der Waals surface area contributed by atoms with Crippen LogP contribution in [0, 0.1) is 0 Å². The number of primary amides is 1. The summed E-state index contributed by atoms with van der Waals surface area (Å²) in [7, 11) is 0. The third-order valence-corrected chi connectivity index (χ3v) is 2.59. The van der Waals surface area contributed by atoms with Gasteiger partial charge in [0.25, 0.3) is 5.91 Å². The summed E-state index contributed by atoms with van der Waals surface area (Å²) in [6, 6.07) is 1.66. The Morgan fingerprint density at radius 2 is 2.00 bits per heavy atom. The van der Waals surface area contributed by atoms with Gasteiger partial charge in [-0.05, 0) is 19.3 Å². The van der Waals surface area contributed by atoms with Crippen molar-refractivity contribution in [3.63, 3.8) is 0 Å². The molecule has 2 heterocycles. The fourth-order valence-electron chi connectivity index (χ4n) is 1.78. The van der Waals surface area contributed by atoms with Crippen LogP contribution >= 0.6 is 0 Å². The highest BCUT2D eigenvalue weighted by Gasteiger charge is 2.13. The minimum absolute atomic E-state index is 0.283. The van der Waals surface area contributed by atoms with E-state index in [1.807, 2.05) is 0 Å². The average molecular weight is 206 g/mol. The number of piperidine rings is 1. The highest BCUT2D eigenvalue weighted by Crippen LogP contribution is 2.17. The van der Waals surface area contributed by atoms with E-state index in [-0.39, 0.29) is 5.69 Å². The van der Waals surface area contributed by atoms with Crippen molar-refractivity contribution in [3.8, 4) is 0 Å². The Morgan fingerprint density at radius 1 is 1.27 bits per heavy atom. The summed E-state index contributed by atoms with van der Waals surface area (Å²) in [6.07, 6.45) is 5.01. The molecule has 1 aliphatic heterocycles. The zero-order valence-corrected chi connectivity index (χ0v) is 8.52. The van der Waals surface area contributed by atoms with E-state index in [9.17, 15) is 4.79 Å². The van der Waals surface area contributed by atoms with Crippen molar-refractivity contribution in [3.05, 3.63) is 18.1 Å². The van der Waals surface area contributed by atoms with Crippen molar-refractivity contribution < 1.29 is 4.79 Å². The quantitative estimate of drug-likeness (QED) is 0.767. The fraction of sp³-hybridized carbons (Fsp3) is 0.500. The number of rotatable bonds is 2. The lowest BCUT2D eigenvalue weighted by Crippen LogP contribution is -2.30. The number of anilines is 1. The molecule has 15 heavy (non-hydrogen) atoms. The van der Waals surface area contributed by atoms with E-state index in [1.165, 1.54) is 25.6 Å². The molecule has 5 heteroatoms. The van der Waals surface area contributed by atoms with E-state index in [0.29, 0.717) is 0 Å². The maximum Gasteiger partial charge on any atom is 0.267 e. The molecule has 0 atom stereocenters. The van der Waals surface area contributed by atoms with Gasteiger partial charge < -0.3 is 10.6 Å². The average Bonchev–Trinajstić information content (AvgIpc) is 2.30. The van der Waals surface area contributed by atoms with Crippen molar-refractivity contribution in [2.45, 2.75) is 19.3 Å². The monoisotopic (exact) mass is 206 g/mol. The predicted octanol–water partition coefficient (Wildman–Crippen LogP) is 0.566. The van der Waals surface area contributed by atoms with Crippen LogP contribution in [0.3, 0.4) is 0 Å². The second-order valence-corrected chi connectivity index (χ2v) is 3.67. The van der Waals surface area contributed by atoms with Gasteiger partial charge in [-0.25, -0.2) is 9.97 Å². The second kappa shape index (κ2) is 4.25. The minimum atomic E-state index is -0.504. The smallest absolute Gasteiger partial charge is 0.267 e. The van der Waals surface area contributed by atoms with Gasteiger partial charge in [-0.3, -0.25) is 4.79 Å². The summed E-state index contributed by atoms with van der Waals surface area (Å²) >= 11 is 0. The molecule has 0 bridgehead atoms. The summed E-state index contributed by atoms with van der Waals surface area (Å²) in [4.78, 5) is 21.1. The molecule has 1 amide bonds. The molecule has 0 radical (unpaired) electrons. The Hall–Kier alpha value is -1.65. The lowest BCUT2D eigenvalue weighted by molar-refractivity contribution is 0.0995. The van der Waals surface area contributed by atoms with Crippen LogP contribution in [0.1, 0.15) is 29.8 Å². The normalized spacial score (nSPS) is 16.4. The van der Waals surface area contributed by atoms with Gasteiger partial charge in [-0.15, -0.1) is 0 Å². The predicted molar refractivity (Wildman–Crippen MR) is 56.6 cm³/mol. The standard InChI is InChI=1S/C10H14N4O/c11-10(15)8-6-9(13-7-12-8)14-4-2-1-3-5-14/h6-7H,1-5H2,(H2,11,15). The Labute approximate surface area is 88.3 Å². The molecule has 0 aromatic carbocycles. The number of carbonyl (C=O) groups excluding carboxylic acids is 1. The maximum absolute atomic E-state index is 10.9. The third-order valence-electron chi connectivity index (χ3n) is 2.59. The summed E-state index contributed by atoms with van der Waals surface area (Å²) in [5.41, 5.74) is 5.45. The molecule has 1 aliphatic rings. The first-order chi connectivity index (χ1) is 7.27. The molecular weight excluding hydrogens is 192 g/mol. The Morgan fingerprint density at radius 3 is 2.67 bits per heavy atom. The molecule has 80 valence electrons. The number of carbonyl (C=O) groups is 1. The number of nitrogens with zero attached hydrogens (tertiary/aromatic N) is 3. The van der Waals surface area contributed by atoms with Crippen LogP contribution in [0.15, 0.2) is 12.4 Å². The van der Waals surface area contributed by atoms with Crippen molar-refractivity contribution >= 4 is 11.7 Å². The van der Waals surface area contributed by atoms with Gasteiger partial charge in [0.2, 0.25) is 0 Å². The van der Waals surface area contributed by atoms with Crippen LogP contribution in [0.5, 0.6) is 0 Å². The molecule has 1 aromatic rings. The number of hydrogen-bond donors (Lipinski definition) is 1. The van der Waals surface area contributed by atoms with E-state index in [0.717, 1.165) is 18.9 Å². The molecule has 0 saturated carbocycles. The number of hydrogen-bond acceptors (Lipinski definition) is 4. The fourth-order valence-corrected chi connectivity index (χ4v) is 1.78. The Kier molecular flexibility index (Phi) is 2.80. The van der Waals surface area contributed by atoms with Gasteiger partial charge in [0.05, 0.1) is 0 Å². The van der Waals surface area contributed by atoms with Crippen molar-refractivity contribution in [1.82, 2.24) is 9.97 Å². The molecule has 0 aliphatic carbocycles. The lowest BCUT2D eigenvalue weighted by atomic mass is 10.1. The minimum Gasteiger partial charge on any atom is -0.364 e. The number of nitrogens with two attached hydrogens (primary N) is 1. The molecule has 2 rings (SSSR count). The van der Waals surface area contributed by atoms with Gasteiger partial charge >= 0.3 is 0 Å². The van der Waals surface area contributed by atoms with Crippen LogP contribution in [-0.4, -0.2) is 29.0 Å². The molecule has 2 N–H and O–H groups in total. The summed E-state index contributed by atoms with van der Waals surface area (Å²) in [5.74, 6) is 0.300. The number of aromatic nitrogens is 2. The third kappa shape index (κ3) is 2.23. The molecule has 1 fully saturated rings. The first kappa shape index (κ1) is 9.89. The topological polar surface area (TPSA) is 72.1 Å². The zero-order chi connectivity index (χ0) is 10.7. The molecule has 0 unspecified atom stereocenters. The van der Waals surface area contributed by atoms with Crippen molar-refractivity contribution in [2.24, 2.45) is 5.73 Å². The summed E-state index contributed by atoms with van der Waals surface area (Å²) < 4.78 is 0. The number of amides is 1. The van der Waals surface area contributed by atoms with E-state index >= 15 is 0 Å². The lowest BCUT2D eigenvalue weighted by Gasteiger charge is -2.27. The molecular formula is C10H14N4O. The first-order valence-corrected chi connectivity index (χ1v) is 5.14. The maximum atomic E-state index is 10.9. The molecule has 1 aromatic heterocycles. The van der Waals surface area contributed by atoms with Crippen molar-refractivity contribution in [1.29, 1.82) is 0 Å². The summed E-state index contributed by atoms with van der Waals surface area (Å²) in [6.45, 7) is 1.99. The summed E-state index contributed by atoms with van der Waals surface area (Å²) in [5, 5.41) is 0. The second-order valence-electron chi connectivity index (χ2n) is 3.67. The van der Waals surface area contributed by atoms with Crippen molar-refractivity contribution in [2.75, 3.05) is 18.0 Å². The van der Waals surface area contributed by atoms with Crippen LogP contribution in [0.25, 0.3) is 0 Å². The van der Waals surface area contributed by atoms with E-state index in [2.05, 4.69) is 14.9 Å². The van der Waals surface area contributed by atoms with Gasteiger partial charge in [0, 0.05) is 19.2 Å². The highest BCUT2D eigenvalue weighted by molar-refractivity contribution is 5.91. The van der Waals surface area contributed by atoms with Crippen LogP contribution in [-0.2, 0) is 0 Å². The molecule has 0 spiro atoms. The molecule has 5 nitrogen and oxygen atoms in total. The Bertz CT molecular complexity index is 360. The van der Waals surface area contributed by atoms with Gasteiger partial charge in [0.1, 0.15) is 17.8 Å². The largest absolute Gasteiger partial charge is 0.364 e. The Balaban J connectivity index is 2.19. The SMILES string of the molecule is NC(=O)c1cc(N2CCCCC2)ncn1. The van der Waals surface area contributed by atoms with E-state index in [1.54, 1.807) is 6.07 Å². The van der Waals surface area contributed by atoms with Gasteiger partial charge in [0.15, 0.2) is 0 Å². The molecule has 1 saturated heterocycles. The van der Waals surface area contributed by atoms with Gasteiger partial charge in [-0.2, -0.15) is 0 Å². The first-order valence-electron chi connectivity index (χ1n) is 5.14. The van der Waals surface area contributed by atoms with E-state index < -0.39 is 5.91 Å². The van der Waals surface area contributed by atoms with Crippen LogP contribution in [0.2, 0.25) is 0 Å². The van der Waals surface area contributed by atoms with E-state index in [4.69, 9.17) is 5.73 Å².